The van der Waals surface area contributed by atoms with Gasteiger partial charge < -0.3 is 9.15 Å². The summed E-state index contributed by atoms with van der Waals surface area (Å²) in [5.74, 6) is -0.370. The molecule has 1 aliphatic heterocycles. The number of rotatable bonds is 4. The number of furan rings is 1. The van der Waals surface area contributed by atoms with Crippen LogP contribution in [0.15, 0.2) is 45.4 Å². The van der Waals surface area contributed by atoms with Gasteiger partial charge in [-0.1, -0.05) is 11.6 Å². The van der Waals surface area contributed by atoms with Gasteiger partial charge in [-0.3, -0.25) is 4.79 Å². The van der Waals surface area contributed by atoms with E-state index in [1.54, 1.807) is 12.1 Å². The third-order valence-corrected chi connectivity index (χ3v) is 5.24. The molecule has 1 aliphatic rings. The Kier molecular flexibility index (Phi) is 4.76. The van der Waals surface area contributed by atoms with Gasteiger partial charge in [0.25, 0.3) is 15.9 Å². The van der Waals surface area contributed by atoms with Crippen molar-refractivity contribution < 1.29 is 22.4 Å². The predicted octanol–water partition coefficient (Wildman–Crippen LogP) is 2.67. The second-order valence-electron chi connectivity index (χ2n) is 5.65. The number of nitrogens with one attached hydrogen (secondary N) is 1. The van der Waals surface area contributed by atoms with Crippen LogP contribution in [0.3, 0.4) is 0 Å². The number of amides is 1. The van der Waals surface area contributed by atoms with Crippen LogP contribution in [-0.2, 0) is 21.2 Å². The predicted molar refractivity (Wildman–Crippen MR) is 92.9 cm³/mol. The number of halogens is 1. The van der Waals surface area contributed by atoms with Crippen molar-refractivity contribution in [3.05, 3.63) is 52.4 Å². The number of carbonyl (C=O) groups excluding carboxylic acids is 1. The van der Waals surface area contributed by atoms with Crippen molar-refractivity contribution in [3.63, 3.8) is 0 Å². The SMILES string of the molecule is CC1Cc2cc(S(=O)(=O)NC(=O)/C(C#N)=C/c3ccco3)cc(Cl)c2O1. The molecule has 0 saturated heterocycles. The molecule has 1 N–H and O–H groups in total. The number of hydrogen-bond acceptors (Lipinski definition) is 6. The van der Waals surface area contributed by atoms with Crippen molar-refractivity contribution in [2.24, 2.45) is 0 Å². The maximum atomic E-state index is 12.5. The number of hydrogen-bond donors (Lipinski definition) is 1. The smallest absolute Gasteiger partial charge is 0.275 e. The summed E-state index contributed by atoms with van der Waals surface area (Å²) in [4.78, 5) is 12.0. The molecule has 0 radical (unpaired) electrons. The molecule has 134 valence electrons. The molecule has 9 heteroatoms. The highest BCUT2D eigenvalue weighted by Gasteiger charge is 2.27. The zero-order valence-corrected chi connectivity index (χ0v) is 15.1. The van der Waals surface area contributed by atoms with Crippen LogP contribution in [0.4, 0.5) is 0 Å². The summed E-state index contributed by atoms with van der Waals surface area (Å²) < 4.78 is 37.4. The fourth-order valence-electron chi connectivity index (χ4n) is 2.51. The Labute approximate surface area is 154 Å². The van der Waals surface area contributed by atoms with Crippen molar-refractivity contribution >= 4 is 33.6 Å². The van der Waals surface area contributed by atoms with E-state index in [2.05, 4.69) is 0 Å². The van der Waals surface area contributed by atoms with Crippen LogP contribution in [0, 0.1) is 11.3 Å². The number of fused-ring (bicyclic) bond motifs is 1. The number of nitriles is 1. The Hall–Kier alpha value is -2.76. The van der Waals surface area contributed by atoms with E-state index in [4.69, 9.17) is 26.0 Å². The minimum absolute atomic E-state index is 0.114. The van der Waals surface area contributed by atoms with Crippen LogP contribution in [0.1, 0.15) is 18.2 Å². The van der Waals surface area contributed by atoms with Gasteiger partial charge in [-0.25, -0.2) is 13.1 Å². The van der Waals surface area contributed by atoms with Crippen molar-refractivity contribution in [1.82, 2.24) is 4.72 Å². The summed E-state index contributed by atoms with van der Waals surface area (Å²) in [6.45, 7) is 1.84. The van der Waals surface area contributed by atoms with Gasteiger partial charge in [0.15, 0.2) is 0 Å². The Morgan fingerprint density at radius 1 is 1.46 bits per heavy atom. The van der Waals surface area contributed by atoms with Gasteiger partial charge in [0.05, 0.1) is 16.2 Å². The molecule has 0 saturated carbocycles. The minimum Gasteiger partial charge on any atom is -0.489 e. The van der Waals surface area contributed by atoms with Crippen molar-refractivity contribution in [1.29, 1.82) is 5.26 Å². The summed E-state index contributed by atoms with van der Waals surface area (Å²) >= 11 is 6.09. The molecule has 0 fully saturated rings. The van der Waals surface area contributed by atoms with Gasteiger partial charge in [-0.2, -0.15) is 5.26 Å². The molecule has 0 spiro atoms. The Morgan fingerprint density at radius 3 is 2.88 bits per heavy atom. The number of sulfonamides is 1. The fourth-order valence-corrected chi connectivity index (χ4v) is 3.90. The average molecular weight is 393 g/mol. The summed E-state index contributed by atoms with van der Waals surface area (Å²) in [7, 11) is -4.22. The van der Waals surface area contributed by atoms with Crippen LogP contribution in [-0.4, -0.2) is 20.4 Å². The molecule has 1 atom stereocenters. The summed E-state index contributed by atoms with van der Waals surface area (Å²) in [6, 6.07) is 7.36. The first-order valence-electron chi connectivity index (χ1n) is 7.51. The fraction of sp³-hybridized carbons (Fsp3) is 0.176. The molecule has 1 aromatic heterocycles. The lowest BCUT2D eigenvalue weighted by atomic mass is 10.1. The molecule has 1 unspecified atom stereocenters. The molecule has 2 heterocycles. The van der Waals surface area contributed by atoms with Crippen molar-refractivity contribution in [3.8, 4) is 11.8 Å². The maximum Gasteiger partial charge on any atom is 0.275 e. The lowest BCUT2D eigenvalue weighted by Crippen LogP contribution is -2.31. The van der Waals surface area contributed by atoms with Crippen molar-refractivity contribution in [2.45, 2.75) is 24.3 Å². The molecule has 0 aliphatic carbocycles. The Morgan fingerprint density at radius 2 is 2.23 bits per heavy atom. The monoisotopic (exact) mass is 392 g/mol. The number of carbonyl (C=O) groups is 1. The summed E-state index contributed by atoms with van der Waals surface area (Å²) in [5, 5.41) is 9.25. The van der Waals surface area contributed by atoms with E-state index in [-0.39, 0.29) is 21.8 Å². The number of benzene rings is 1. The van der Waals surface area contributed by atoms with Crippen LogP contribution < -0.4 is 9.46 Å². The molecule has 1 amide bonds. The standard InChI is InChI=1S/C17H13ClN2O5S/c1-10-5-11-7-14(8-15(18)16(11)25-10)26(22,23)20-17(21)12(9-19)6-13-3-2-4-24-13/h2-4,6-8,10H,5H2,1H3,(H,20,21)/b12-6+. The van der Waals surface area contributed by atoms with E-state index in [0.29, 0.717) is 17.7 Å². The van der Waals surface area contributed by atoms with Crippen LogP contribution in [0.25, 0.3) is 6.08 Å². The summed E-state index contributed by atoms with van der Waals surface area (Å²) in [5.41, 5.74) is 0.234. The molecule has 3 rings (SSSR count). The Balaban J connectivity index is 1.88. The molecule has 7 nitrogen and oxygen atoms in total. The van der Waals surface area contributed by atoms with Crippen LogP contribution in [0.5, 0.6) is 5.75 Å². The Bertz CT molecular complexity index is 1040. The lowest BCUT2D eigenvalue weighted by molar-refractivity contribution is -0.115. The van der Waals surface area contributed by atoms with E-state index in [0.717, 1.165) is 6.08 Å². The third kappa shape index (κ3) is 3.59. The van der Waals surface area contributed by atoms with Crippen LogP contribution >= 0.6 is 11.6 Å². The van der Waals surface area contributed by atoms with Gasteiger partial charge in [0.1, 0.15) is 29.3 Å². The molecule has 2 aromatic rings. The average Bonchev–Trinajstić information content (AvgIpc) is 3.20. The highest BCUT2D eigenvalue weighted by atomic mass is 35.5. The zero-order chi connectivity index (χ0) is 18.9. The molecule has 1 aromatic carbocycles. The number of ether oxygens (including phenoxy) is 1. The highest BCUT2D eigenvalue weighted by molar-refractivity contribution is 7.90. The minimum atomic E-state index is -4.22. The van der Waals surface area contributed by atoms with E-state index in [9.17, 15) is 13.2 Å². The second kappa shape index (κ2) is 6.86. The normalized spacial score (nSPS) is 16.5. The van der Waals surface area contributed by atoms with Gasteiger partial charge >= 0.3 is 0 Å². The van der Waals surface area contributed by atoms with E-state index >= 15 is 0 Å². The molecule has 26 heavy (non-hydrogen) atoms. The van der Waals surface area contributed by atoms with E-state index < -0.39 is 21.5 Å². The van der Waals surface area contributed by atoms with E-state index in [1.165, 1.54) is 24.5 Å². The van der Waals surface area contributed by atoms with Crippen LogP contribution in [0.2, 0.25) is 5.02 Å². The van der Waals surface area contributed by atoms with Crippen molar-refractivity contribution in [2.75, 3.05) is 0 Å². The first-order valence-corrected chi connectivity index (χ1v) is 9.38. The lowest BCUT2D eigenvalue weighted by Gasteiger charge is -2.09. The van der Waals surface area contributed by atoms with Gasteiger partial charge in [-0.05, 0) is 31.2 Å². The van der Waals surface area contributed by atoms with Gasteiger partial charge in [0.2, 0.25) is 0 Å². The maximum absolute atomic E-state index is 12.5. The first kappa shape index (κ1) is 18.0. The van der Waals surface area contributed by atoms with Gasteiger partial charge in [-0.15, -0.1) is 0 Å². The van der Waals surface area contributed by atoms with E-state index in [1.807, 2.05) is 11.6 Å². The molecular formula is C17H13ClN2O5S. The van der Waals surface area contributed by atoms with Gasteiger partial charge in [0, 0.05) is 18.1 Å². The largest absolute Gasteiger partial charge is 0.489 e. The third-order valence-electron chi connectivity index (χ3n) is 3.65. The first-order chi connectivity index (χ1) is 12.3. The zero-order valence-electron chi connectivity index (χ0n) is 13.5. The summed E-state index contributed by atoms with van der Waals surface area (Å²) in [6.07, 6.45) is 2.91. The highest BCUT2D eigenvalue weighted by Crippen LogP contribution is 2.37. The topological polar surface area (TPSA) is 109 Å². The number of nitrogens with zero attached hydrogens (tertiary/aromatic N) is 1. The molecular weight excluding hydrogens is 380 g/mol. The molecule has 0 bridgehead atoms. The second-order valence-corrected chi connectivity index (χ2v) is 7.74. The quantitative estimate of drug-likeness (QED) is 0.632.